The molecule has 2 aromatic rings. The topological polar surface area (TPSA) is 85.8 Å². The number of fused-ring (bicyclic) bond motifs is 2. The number of aromatic carboxylic acids is 1. The second kappa shape index (κ2) is 8.27. The Bertz CT molecular complexity index is 1540. The average molecular weight is 469 g/mol. The van der Waals surface area contributed by atoms with Gasteiger partial charge in [0.15, 0.2) is 0 Å². The molecule has 2 saturated heterocycles. The number of anilines is 1. The molecule has 176 valence electrons. The van der Waals surface area contributed by atoms with Crippen molar-refractivity contribution in [2.24, 2.45) is 0 Å². The van der Waals surface area contributed by atoms with Crippen molar-refractivity contribution in [2.45, 2.75) is 12.8 Å². The smallest absolute Gasteiger partial charge is 0.337 e. The molecule has 35 heavy (non-hydrogen) atoms. The lowest BCUT2D eigenvalue weighted by Gasteiger charge is -2.33. The molecule has 0 amide bonds. The maximum Gasteiger partial charge on any atom is 0.337 e. The molecule has 6 rings (SSSR count). The highest BCUT2D eigenvalue weighted by Crippen LogP contribution is 2.42. The Morgan fingerprint density at radius 3 is 2.46 bits per heavy atom. The van der Waals surface area contributed by atoms with Gasteiger partial charge < -0.3 is 24.0 Å². The lowest BCUT2D eigenvalue weighted by atomic mass is 9.89. The second-order valence-electron chi connectivity index (χ2n) is 9.06. The van der Waals surface area contributed by atoms with E-state index in [1.165, 1.54) is 19.2 Å². The van der Waals surface area contributed by atoms with Crippen LogP contribution in [-0.4, -0.2) is 45.2 Å². The van der Waals surface area contributed by atoms with E-state index in [1.807, 2.05) is 36.4 Å². The summed E-state index contributed by atoms with van der Waals surface area (Å²) in [5, 5.41) is 14.0. The fourth-order valence-corrected chi connectivity index (χ4v) is 4.87. The molecular formula is C28H24N2O5. The van der Waals surface area contributed by atoms with Gasteiger partial charge in [-0.2, -0.15) is 0 Å². The molecular weight excluding hydrogens is 444 g/mol. The number of carbonyl (C=O) groups excluding carboxylic acids is 2. The number of hydrogen-bond acceptors (Lipinski definition) is 6. The van der Waals surface area contributed by atoms with E-state index in [0.29, 0.717) is 22.5 Å². The van der Waals surface area contributed by atoms with Crippen LogP contribution in [0.5, 0.6) is 0 Å². The van der Waals surface area contributed by atoms with E-state index < -0.39 is 11.9 Å². The van der Waals surface area contributed by atoms with Gasteiger partial charge in [-0.1, -0.05) is 6.07 Å². The molecule has 4 aliphatic rings. The van der Waals surface area contributed by atoms with Crippen molar-refractivity contribution < 1.29 is 23.8 Å². The molecule has 7 nitrogen and oxygen atoms in total. The van der Waals surface area contributed by atoms with E-state index in [0.717, 1.165) is 61.0 Å². The van der Waals surface area contributed by atoms with E-state index >= 15 is 0 Å². The molecule has 7 heteroatoms. The van der Waals surface area contributed by atoms with Crippen LogP contribution in [0.15, 0.2) is 59.0 Å². The monoisotopic (exact) mass is 468 g/mol. The van der Waals surface area contributed by atoms with Gasteiger partial charge in [0, 0.05) is 53.0 Å². The zero-order valence-electron chi connectivity index (χ0n) is 19.4. The van der Waals surface area contributed by atoms with Crippen LogP contribution >= 0.6 is 0 Å². The fourth-order valence-electron chi connectivity index (χ4n) is 4.87. The first-order valence-electron chi connectivity index (χ1n) is 11.8. The first-order chi connectivity index (χ1) is 17.0. The van der Waals surface area contributed by atoms with Gasteiger partial charge >= 0.3 is 5.97 Å². The molecule has 3 aliphatic heterocycles. The molecule has 2 fully saturated rings. The molecule has 1 aliphatic carbocycles. The standard InChI is InChI=1S/C28H24N2O5/c1-34-28(33)17-4-7-20(27(31)32)23(14-17)26-21-8-5-18(29-10-2-11-29)15-24(21)35-25-16-19(6-9-22(25)26)30-12-3-13-30/h4-9,14-16H,2-3,10-13H2,1H3. The maximum absolute atomic E-state index is 12.3. The van der Waals surface area contributed by atoms with Crippen LogP contribution in [-0.2, 0) is 4.74 Å². The van der Waals surface area contributed by atoms with Gasteiger partial charge in [0.25, 0.3) is 0 Å². The Balaban J connectivity index is 1.69. The minimum atomic E-state index is -1.31. The van der Waals surface area contributed by atoms with Crippen LogP contribution in [0.3, 0.4) is 0 Å². The first-order valence-corrected chi connectivity index (χ1v) is 11.8. The third kappa shape index (κ3) is 3.55. The summed E-state index contributed by atoms with van der Waals surface area (Å²) in [5.41, 5.74) is 3.85. The summed E-state index contributed by atoms with van der Waals surface area (Å²) in [7, 11) is 1.30. The Morgan fingerprint density at radius 1 is 0.971 bits per heavy atom. The maximum atomic E-state index is 12.3. The molecule has 0 bridgehead atoms. The van der Waals surface area contributed by atoms with E-state index in [9.17, 15) is 14.7 Å². The van der Waals surface area contributed by atoms with Crippen molar-refractivity contribution in [2.75, 3.05) is 38.2 Å². The summed E-state index contributed by atoms with van der Waals surface area (Å²) in [6.07, 6.45) is 2.32. The highest BCUT2D eigenvalue weighted by Gasteiger charge is 2.24. The first kappa shape index (κ1) is 21.4. The number of ether oxygens (including phenoxy) is 1. The predicted octanol–water partition coefficient (Wildman–Crippen LogP) is 2.74. The summed E-state index contributed by atoms with van der Waals surface area (Å²) >= 11 is 0. The van der Waals surface area contributed by atoms with E-state index in [4.69, 9.17) is 9.15 Å². The van der Waals surface area contributed by atoms with Crippen LogP contribution in [0.25, 0.3) is 33.4 Å². The zero-order chi connectivity index (χ0) is 24.1. The van der Waals surface area contributed by atoms with E-state index in [2.05, 4.69) is 9.48 Å². The van der Waals surface area contributed by atoms with Crippen LogP contribution in [0.4, 0.5) is 5.69 Å². The quantitative estimate of drug-likeness (QED) is 0.260. The third-order valence-corrected chi connectivity index (χ3v) is 7.06. The summed E-state index contributed by atoms with van der Waals surface area (Å²) in [4.78, 5) is 26.7. The molecule has 0 atom stereocenters. The number of esters is 1. The number of hydrogen-bond donors (Lipinski definition) is 0. The highest BCUT2D eigenvalue weighted by atomic mass is 16.5. The highest BCUT2D eigenvalue weighted by molar-refractivity contribution is 6.08. The molecule has 0 unspecified atom stereocenters. The van der Waals surface area contributed by atoms with Gasteiger partial charge in [-0.25, -0.2) is 9.37 Å². The average Bonchev–Trinajstić information content (AvgIpc) is 2.79. The van der Waals surface area contributed by atoms with Crippen LogP contribution < -0.4 is 19.9 Å². The number of rotatable bonds is 4. The summed E-state index contributed by atoms with van der Waals surface area (Å²) in [6, 6.07) is 16.4. The number of methoxy groups -OCH3 is 1. The largest absolute Gasteiger partial charge is 0.545 e. The Kier molecular flexibility index (Phi) is 5.06. The van der Waals surface area contributed by atoms with Gasteiger partial charge in [0.05, 0.1) is 31.1 Å². The van der Waals surface area contributed by atoms with Crippen LogP contribution in [0.2, 0.25) is 0 Å². The summed E-state index contributed by atoms with van der Waals surface area (Å²) in [6.45, 7) is 4.00. The number of carboxylic acids is 1. The van der Waals surface area contributed by atoms with E-state index in [1.54, 1.807) is 6.07 Å². The zero-order valence-corrected chi connectivity index (χ0v) is 19.4. The minimum absolute atomic E-state index is 0.00471. The lowest BCUT2D eigenvalue weighted by molar-refractivity contribution is -0.254. The van der Waals surface area contributed by atoms with Gasteiger partial charge in [0.1, 0.15) is 24.4 Å². The molecule has 0 aromatic heterocycles. The second-order valence-corrected chi connectivity index (χ2v) is 9.06. The normalized spacial score (nSPS) is 15.1. The van der Waals surface area contributed by atoms with Gasteiger partial charge in [0.2, 0.25) is 5.36 Å². The van der Waals surface area contributed by atoms with Crippen LogP contribution in [0.1, 0.15) is 33.6 Å². The molecule has 0 saturated carbocycles. The molecule has 2 aromatic carbocycles. The van der Waals surface area contributed by atoms with Gasteiger partial charge in [-0.3, -0.25) is 0 Å². The van der Waals surface area contributed by atoms with Crippen molar-refractivity contribution in [3.8, 4) is 22.5 Å². The SMILES string of the molecule is COC(=O)c1ccc(C(=O)[O-])c(-c2c3ccc(=[N+]4CCC4)cc-3oc3cc(N4CCC4)ccc23)c1. The molecule has 0 spiro atoms. The number of benzene rings is 3. The number of carbonyl (C=O) groups is 2. The van der Waals surface area contributed by atoms with Crippen molar-refractivity contribution in [1.82, 2.24) is 4.58 Å². The predicted molar refractivity (Wildman–Crippen MR) is 130 cm³/mol. The van der Waals surface area contributed by atoms with Crippen molar-refractivity contribution in [3.05, 3.63) is 71.1 Å². The molecule has 0 radical (unpaired) electrons. The number of nitrogens with zero attached hydrogens (tertiary/aromatic N) is 2. The Labute approximate surface area is 201 Å². The van der Waals surface area contributed by atoms with Gasteiger partial charge in [-0.05, 0) is 42.3 Å². The third-order valence-electron chi connectivity index (χ3n) is 7.06. The van der Waals surface area contributed by atoms with Crippen LogP contribution in [0, 0.1) is 0 Å². The van der Waals surface area contributed by atoms with Crippen molar-refractivity contribution in [1.29, 1.82) is 0 Å². The van der Waals surface area contributed by atoms with E-state index in [-0.39, 0.29) is 11.1 Å². The fraction of sp³-hybridized carbons (Fsp3) is 0.250. The van der Waals surface area contributed by atoms with Gasteiger partial charge in [-0.15, -0.1) is 0 Å². The molecule has 3 heterocycles. The molecule has 0 N–H and O–H groups in total. The summed E-state index contributed by atoms with van der Waals surface area (Å²) < 4.78 is 13.6. The van der Waals surface area contributed by atoms with Crippen molar-refractivity contribution in [3.63, 3.8) is 0 Å². The Morgan fingerprint density at radius 2 is 1.80 bits per heavy atom. The van der Waals surface area contributed by atoms with Crippen molar-refractivity contribution >= 4 is 28.6 Å². The summed E-state index contributed by atoms with van der Waals surface area (Å²) in [5.74, 6) is -1.19. The minimum Gasteiger partial charge on any atom is -0.545 e. The lowest BCUT2D eigenvalue weighted by Crippen LogP contribution is -2.40. The number of carboxylic acid groups (broad SMARTS) is 1. The Hall–Kier alpha value is -4.13.